The molecule has 0 saturated carbocycles. The standard InChI is InChI=1S/C27H34N6O5/c1-7-33-21(12-16(2)32-33)25(35)31-24-17(10-8-9-11-29-26(36)38-27(3,4)5)13-19-20(30-24)14-18(23(28)34)15-22(19)37-6/h8-9,12-15H,7,10-11H2,1-6H3,(H2,28,34)(H,29,36)(H,30,31,35)/b9-8+. The fraction of sp³-hybridized carbons (Fsp3) is 0.370. The smallest absolute Gasteiger partial charge is 0.407 e. The van der Waals surface area contributed by atoms with Crippen LogP contribution in [0.2, 0.25) is 0 Å². The number of hydrogen-bond donors (Lipinski definition) is 3. The van der Waals surface area contributed by atoms with Crippen molar-refractivity contribution >= 4 is 34.6 Å². The highest BCUT2D eigenvalue weighted by Gasteiger charge is 2.19. The minimum atomic E-state index is -0.621. The SMILES string of the molecule is CCn1nc(C)cc1C(=O)Nc1nc2cc(C(N)=O)cc(OC)c2cc1C/C=C/CNC(=O)OC(C)(C)C. The normalized spacial score (nSPS) is 11.5. The van der Waals surface area contributed by atoms with Crippen LogP contribution in [0.25, 0.3) is 10.9 Å². The number of nitrogens with two attached hydrogens (primary N) is 1. The van der Waals surface area contributed by atoms with Gasteiger partial charge in [0.2, 0.25) is 5.91 Å². The number of ether oxygens (including phenoxy) is 2. The van der Waals surface area contributed by atoms with Gasteiger partial charge in [-0.3, -0.25) is 14.3 Å². The number of nitrogens with one attached hydrogen (secondary N) is 2. The van der Waals surface area contributed by atoms with Gasteiger partial charge in [-0.1, -0.05) is 12.2 Å². The maximum Gasteiger partial charge on any atom is 0.407 e. The highest BCUT2D eigenvalue weighted by Crippen LogP contribution is 2.30. The van der Waals surface area contributed by atoms with Crippen molar-refractivity contribution in [1.29, 1.82) is 0 Å². The van der Waals surface area contributed by atoms with E-state index in [9.17, 15) is 14.4 Å². The lowest BCUT2D eigenvalue weighted by Gasteiger charge is -2.19. The molecule has 0 bridgehead atoms. The first kappa shape index (κ1) is 28.2. The first-order chi connectivity index (χ1) is 17.9. The summed E-state index contributed by atoms with van der Waals surface area (Å²) in [6.07, 6.45) is 3.50. The Morgan fingerprint density at radius 1 is 1.13 bits per heavy atom. The molecule has 0 saturated heterocycles. The van der Waals surface area contributed by atoms with Crippen LogP contribution in [0.15, 0.2) is 36.4 Å². The third-order valence-corrected chi connectivity index (χ3v) is 5.41. The third-order valence-electron chi connectivity index (χ3n) is 5.41. The summed E-state index contributed by atoms with van der Waals surface area (Å²) in [5, 5.41) is 10.5. The van der Waals surface area contributed by atoms with Crippen LogP contribution in [0.3, 0.4) is 0 Å². The van der Waals surface area contributed by atoms with E-state index in [0.29, 0.717) is 46.7 Å². The topological polar surface area (TPSA) is 150 Å². The summed E-state index contributed by atoms with van der Waals surface area (Å²) in [4.78, 5) is 41.5. The zero-order chi connectivity index (χ0) is 28.0. The predicted molar refractivity (Wildman–Crippen MR) is 144 cm³/mol. The fourth-order valence-electron chi connectivity index (χ4n) is 3.75. The van der Waals surface area contributed by atoms with E-state index < -0.39 is 17.6 Å². The maximum absolute atomic E-state index is 13.2. The minimum absolute atomic E-state index is 0.236. The van der Waals surface area contributed by atoms with Crippen LogP contribution in [0, 0.1) is 6.92 Å². The number of alkyl carbamates (subject to hydrolysis) is 1. The lowest BCUT2D eigenvalue weighted by Crippen LogP contribution is -2.32. The molecule has 4 N–H and O–H groups in total. The summed E-state index contributed by atoms with van der Waals surface area (Å²) in [6, 6.07) is 6.66. The van der Waals surface area contributed by atoms with Gasteiger partial charge in [0.05, 0.1) is 18.3 Å². The second kappa shape index (κ2) is 11.8. The van der Waals surface area contributed by atoms with E-state index >= 15 is 0 Å². The Labute approximate surface area is 221 Å². The summed E-state index contributed by atoms with van der Waals surface area (Å²) >= 11 is 0. The number of rotatable bonds is 9. The Hall–Kier alpha value is -4.41. The van der Waals surface area contributed by atoms with E-state index in [1.165, 1.54) is 7.11 Å². The number of amides is 3. The van der Waals surface area contributed by atoms with Crippen LogP contribution in [-0.2, 0) is 17.7 Å². The van der Waals surface area contributed by atoms with Crippen molar-refractivity contribution in [3.05, 3.63) is 58.9 Å². The number of pyridine rings is 1. The number of nitrogens with zero attached hydrogens (tertiary/aromatic N) is 3. The number of aromatic nitrogens is 3. The van der Waals surface area contributed by atoms with Gasteiger partial charge in [-0.25, -0.2) is 9.78 Å². The summed E-state index contributed by atoms with van der Waals surface area (Å²) in [5.74, 6) is -0.242. The van der Waals surface area contributed by atoms with Crippen molar-refractivity contribution in [2.24, 2.45) is 5.73 Å². The monoisotopic (exact) mass is 522 g/mol. The molecule has 0 spiro atoms. The molecule has 0 atom stereocenters. The van der Waals surface area contributed by atoms with Crippen molar-refractivity contribution < 1.29 is 23.9 Å². The largest absolute Gasteiger partial charge is 0.496 e. The van der Waals surface area contributed by atoms with Crippen molar-refractivity contribution in [2.75, 3.05) is 19.0 Å². The van der Waals surface area contributed by atoms with Crippen molar-refractivity contribution in [3.8, 4) is 5.75 Å². The van der Waals surface area contributed by atoms with Crippen LogP contribution in [-0.4, -0.2) is 51.9 Å². The van der Waals surface area contributed by atoms with Gasteiger partial charge in [-0.2, -0.15) is 5.10 Å². The van der Waals surface area contributed by atoms with Crippen molar-refractivity contribution in [2.45, 2.75) is 53.2 Å². The van der Waals surface area contributed by atoms with Gasteiger partial charge in [0.25, 0.3) is 5.91 Å². The average Bonchev–Trinajstić information content (AvgIpc) is 3.22. The second-order valence-corrected chi connectivity index (χ2v) is 9.60. The fourth-order valence-corrected chi connectivity index (χ4v) is 3.75. The number of anilines is 1. The molecule has 0 unspecified atom stereocenters. The number of methoxy groups -OCH3 is 1. The van der Waals surface area contributed by atoms with E-state index in [1.807, 2.05) is 26.0 Å². The van der Waals surface area contributed by atoms with Crippen molar-refractivity contribution in [1.82, 2.24) is 20.1 Å². The van der Waals surface area contributed by atoms with E-state index in [4.69, 9.17) is 15.2 Å². The summed E-state index contributed by atoms with van der Waals surface area (Å²) in [6.45, 7) is 9.88. The zero-order valence-electron chi connectivity index (χ0n) is 22.5. The Balaban J connectivity index is 1.93. The van der Waals surface area contributed by atoms with Gasteiger partial charge in [0.15, 0.2) is 0 Å². The number of benzene rings is 1. The first-order valence-corrected chi connectivity index (χ1v) is 12.2. The van der Waals surface area contributed by atoms with Gasteiger partial charge < -0.3 is 25.8 Å². The molecule has 11 heteroatoms. The highest BCUT2D eigenvalue weighted by molar-refractivity contribution is 6.04. The lowest BCUT2D eigenvalue weighted by atomic mass is 10.0. The molecule has 0 aliphatic carbocycles. The summed E-state index contributed by atoms with van der Waals surface area (Å²) in [5.41, 5.74) is 7.40. The van der Waals surface area contributed by atoms with Crippen LogP contribution in [0.4, 0.5) is 10.6 Å². The number of carbonyl (C=O) groups excluding carboxylic acids is 3. The Morgan fingerprint density at radius 2 is 1.87 bits per heavy atom. The minimum Gasteiger partial charge on any atom is -0.496 e. The van der Waals surface area contributed by atoms with Gasteiger partial charge >= 0.3 is 6.09 Å². The molecule has 38 heavy (non-hydrogen) atoms. The number of aryl methyl sites for hydroxylation is 2. The van der Waals surface area contributed by atoms with Crippen LogP contribution in [0.5, 0.6) is 5.75 Å². The van der Waals surface area contributed by atoms with Crippen LogP contribution >= 0.6 is 0 Å². The summed E-state index contributed by atoms with van der Waals surface area (Å²) < 4.78 is 12.3. The first-order valence-electron chi connectivity index (χ1n) is 12.2. The van der Waals surface area contributed by atoms with Gasteiger partial charge in [-0.05, 0) is 70.9 Å². The van der Waals surface area contributed by atoms with E-state index in [2.05, 4.69) is 20.7 Å². The van der Waals surface area contributed by atoms with Gasteiger partial charge in [0.1, 0.15) is 22.9 Å². The molecule has 0 fully saturated rings. The molecule has 3 amide bonds. The third kappa shape index (κ3) is 7.09. The molecule has 1 aromatic carbocycles. The molecule has 2 heterocycles. The molecular weight excluding hydrogens is 488 g/mol. The summed E-state index contributed by atoms with van der Waals surface area (Å²) in [7, 11) is 1.49. The predicted octanol–water partition coefficient (Wildman–Crippen LogP) is 3.74. The molecule has 202 valence electrons. The van der Waals surface area contributed by atoms with Gasteiger partial charge in [0, 0.05) is 24.0 Å². The number of fused-ring (bicyclic) bond motifs is 1. The molecule has 11 nitrogen and oxygen atoms in total. The van der Waals surface area contributed by atoms with E-state index in [-0.39, 0.29) is 18.0 Å². The molecular formula is C27H34N6O5. The molecule has 2 aromatic heterocycles. The quantitative estimate of drug-likeness (QED) is 0.362. The highest BCUT2D eigenvalue weighted by atomic mass is 16.6. The number of carbonyl (C=O) groups is 3. The molecule has 0 aliphatic rings. The Kier molecular flexibility index (Phi) is 8.72. The van der Waals surface area contributed by atoms with Gasteiger partial charge in [-0.15, -0.1) is 0 Å². The van der Waals surface area contributed by atoms with Crippen LogP contribution < -0.4 is 21.1 Å². The maximum atomic E-state index is 13.2. The number of hydrogen-bond acceptors (Lipinski definition) is 7. The number of allylic oxidation sites excluding steroid dienone is 1. The molecule has 3 rings (SSSR count). The second-order valence-electron chi connectivity index (χ2n) is 9.60. The van der Waals surface area contributed by atoms with Crippen molar-refractivity contribution in [3.63, 3.8) is 0 Å². The van der Waals surface area contributed by atoms with E-state index in [0.717, 1.165) is 5.69 Å². The zero-order valence-corrected chi connectivity index (χ0v) is 22.5. The molecule has 0 radical (unpaired) electrons. The molecule has 0 aliphatic heterocycles. The average molecular weight is 523 g/mol. The van der Waals surface area contributed by atoms with E-state index in [1.54, 1.807) is 49.7 Å². The molecule has 3 aromatic rings. The van der Waals surface area contributed by atoms with Crippen LogP contribution in [0.1, 0.15) is 59.8 Å². The number of primary amides is 1. The Morgan fingerprint density at radius 3 is 2.50 bits per heavy atom. The lowest BCUT2D eigenvalue weighted by molar-refractivity contribution is 0.0533. The Bertz CT molecular complexity index is 1390.